The highest BCUT2D eigenvalue weighted by Gasteiger charge is 1.95. The van der Waals surface area contributed by atoms with Gasteiger partial charge in [0.15, 0.2) is 0 Å². The van der Waals surface area contributed by atoms with E-state index in [1.807, 2.05) is 44.2 Å². The van der Waals surface area contributed by atoms with Gasteiger partial charge in [0.1, 0.15) is 0 Å². The van der Waals surface area contributed by atoms with Gasteiger partial charge in [0, 0.05) is 6.54 Å². The van der Waals surface area contributed by atoms with E-state index in [4.69, 9.17) is 0 Å². The number of aliphatic imine (C=N–C) groups is 1. The highest BCUT2D eigenvalue weighted by molar-refractivity contribution is 6.08. The smallest absolute Gasteiger partial charge is 0.0643 e. The largest absolute Gasteiger partial charge is 0.285 e. The fraction of sp³-hybridized carbons (Fsp3) is 0.250. The fourth-order valence-electron chi connectivity index (χ4n) is 1.18. The van der Waals surface area contributed by atoms with Crippen LogP contribution in [0, 0.1) is 0 Å². The standard InChI is InChI=1S/C12H15N/c1-3-8-12(13-4-2)11-9-6-5-7-10-11/h3,5-10H,4H2,1-2H3/b8-3-,13-12?. The minimum atomic E-state index is 0.828. The molecular weight excluding hydrogens is 158 g/mol. The first-order valence-electron chi connectivity index (χ1n) is 4.61. The van der Waals surface area contributed by atoms with E-state index in [0.717, 1.165) is 12.3 Å². The monoisotopic (exact) mass is 173 g/mol. The Morgan fingerprint density at radius 2 is 2.00 bits per heavy atom. The van der Waals surface area contributed by atoms with Crippen molar-refractivity contribution in [2.45, 2.75) is 13.8 Å². The van der Waals surface area contributed by atoms with Gasteiger partial charge in [-0.2, -0.15) is 0 Å². The summed E-state index contributed by atoms with van der Waals surface area (Å²) in [6.45, 7) is 4.88. The van der Waals surface area contributed by atoms with Crippen LogP contribution >= 0.6 is 0 Å². The van der Waals surface area contributed by atoms with Gasteiger partial charge in [-0.1, -0.05) is 36.4 Å². The van der Waals surface area contributed by atoms with Crippen LogP contribution in [0.4, 0.5) is 0 Å². The van der Waals surface area contributed by atoms with Crippen LogP contribution in [0.25, 0.3) is 0 Å². The Kier molecular flexibility index (Phi) is 3.97. The number of rotatable bonds is 3. The zero-order valence-electron chi connectivity index (χ0n) is 8.20. The average molecular weight is 173 g/mol. The molecule has 0 spiro atoms. The predicted molar refractivity (Wildman–Crippen MR) is 58.3 cm³/mol. The van der Waals surface area contributed by atoms with Crippen LogP contribution in [-0.2, 0) is 0 Å². The number of allylic oxidation sites excluding steroid dienone is 2. The molecule has 0 aliphatic heterocycles. The minimum Gasteiger partial charge on any atom is -0.285 e. The van der Waals surface area contributed by atoms with Crippen molar-refractivity contribution in [3.8, 4) is 0 Å². The van der Waals surface area contributed by atoms with Crippen molar-refractivity contribution in [2.24, 2.45) is 4.99 Å². The number of hydrogen-bond acceptors (Lipinski definition) is 1. The summed E-state index contributed by atoms with van der Waals surface area (Å²) in [5.74, 6) is 0. The molecule has 0 aliphatic rings. The number of nitrogens with zero attached hydrogens (tertiary/aromatic N) is 1. The van der Waals surface area contributed by atoms with Gasteiger partial charge in [-0.05, 0) is 25.5 Å². The zero-order valence-corrected chi connectivity index (χ0v) is 8.20. The summed E-state index contributed by atoms with van der Waals surface area (Å²) in [4.78, 5) is 4.41. The molecule has 0 N–H and O–H groups in total. The molecule has 0 aliphatic carbocycles. The lowest BCUT2D eigenvalue weighted by molar-refractivity contribution is 1.13. The molecule has 1 heteroatoms. The normalized spacial score (nSPS) is 12.3. The first-order chi connectivity index (χ1) is 6.38. The second-order valence-electron chi connectivity index (χ2n) is 2.73. The van der Waals surface area contributed by atoms with Crippen LogP contribution in [0.1, 0.15) is 19.4 Å². The Morgan fingerprint density at radius 3 is 2.54 bits per heavy atom. The Hall–Kier alpha value is -1.37. The maximum absolute atomic E-state index is 4.41. The Bertz CT molecular complexity index is 296. The summed E-state index contributed by atoms with van der Waals surface area (Å²) < 4.78 is 0. The Morgan fingerprint density at radius 1 is 1.31 bits per heavy atom. The van der Waals surface area contributed by atoms with Crippen molar-refractivity contribution in [2.75, 3.05) is 6.54 Å². The van der Waals surface area contributed by atoms with Crippen molar-refractivity contribution in [3.63, 3.8) is 0 Å². The van der Waals surface area contributed by atoms with Crippen molar-refractivity contribution in [1.29, 1.82) is 0 Å². The molecule has 1 aromatic carbocycles. The molecule has 1 rings (SSSR count). The van der Waals surface area contributed by atoms with Gasteiger partial charge >= 0.3 is 0 Å². The molecule has 0 aromatic heterocycles. The van der Waals surface area contributed by atoms with E-state index in [9.17, 15) is 0 Å². The summed E-state index contributed by atoms with van der Waals surface area (Å²) in [6.07, 6.45) is 4.06. The van der Waals surface area contributed by atoms with Gasteiger partial charge in [-0.15, -0.1) is 0 Å². The molecule has 13 heavy (non-hydrogen) atoms. The third-order valence-electron chi connectivity index (χ3n) is 1.72. The van der Waals surface area contributed by atoms with Crippen molar-refractivity contribution < 1.29 is 0 Å². The van der Waals surface area contributed by atoms with Gasteiger partial charge in [0.2, 0.25) is 0 Å². The molecule has 0 saturated carbocycles. The van der Waals surface area contributed by atoms with E-state index in [0.29, 0.717) is 0 Å². The quantitative estimate of drug-likeness (QED) is 0.623. The maximum atomic E-state index is 4.41. The lowest BCUT2D eigenvalue weighted by atomic mass is 10.1. The first-order valence-corrected chi connectivity index (χ1v) is 4.61. The molecule has 0 heterocycles. The van der Waals surface area contributed by atoms with Crippen LogP contribution in [-0.4, -0.2) is 12.3 Å². The number of benzene rings is 1. The van der Waals surface area contributed by atoms with Gasteiger partial charge in [0.05, 0.1) is 5.71 Å². The molecular formula is C12H15N. The second-order valence-corrected chi connectivity index (χ2v) is 2.73. The van der Waals surface area contributed by atoms with Crippen LogP contribution in [0.15, 0.2) is 47.5 Å². The third-order valence-corrected chi connectivity index (χ3v) is 1.72. The Balaban J connectivity index is 2.96. The minimum absolute atomic E-state index is 0.828. The number of hydrogen-bond donors (Lipinski definition) is 0. The molecule has 0 atom stereocenters. The van der Waals surface area contributed by atoms with E-state index in [2.05, 4.69) is 17.1 Å². The molecule has 68 valence electrons. The summed E-state index contributed by atoms with van der Waals surface area (Å²) in [5, 5.41) is 0. The summed E-state index contributed by atoms with van der Waals surface area (Å²) in [5.41, 5.74) is 2.24. The maximum Gasteiger partial charge on any atom is 0.0643 e. The van der Waals surface area contributed by atoms with E-state index in [-0.39, 0.29) is 0 Å². The SMILES string of the molecule is C/C=C\C(=NCC)c1ccccc1. The fourth-order valence-corrected chi connectivity index (χ4v) is 1.18. The second kappa shape index (κ2) is 5.31. The predicted octanol–water partition coefficient (Wildman–Crippen LogP) is 3.07. The van der Waals surface area contributed by atoms with Crippen molar-refractivity contribution in [1.82, 2.24) is 0 Å². The molecule has 1 nitrogen and oxygen atoms in total. The van der Waals surface area contributed by atoms with Gasteiger partial charge in [-0.3, -0.25) is 4.99 Å². The van der Waals surface area contributed by atoms with Crippen molar-refractivity contribution in [3.05, 3.63) is 48.0 Å². The summed E-state index contributed by atoms with van der Waals surface area (Å²) in [7, 11) is 0. The van der Waals surface area contributed by atoms with Gasteiger partial charge in [0.25, 0.3) is 0 Å². The van der Waals surface area contributed by atoms with Crippen LogP contribution in [0.2, 0.25) is 0 Å². The lowest BCUT2D eigenvalue weighted by Gasteiger charge is -1.99. The first kappa shape index (κ1) is 9.72. The lowest BCUT2D eigenvalue weighted by Crippen LogP contribution is -1.96. The van der Waals surface area contributed by atoms with E-state index in [1.165, 1.54) is 5.56 Å². The molecule has 0 bridgehead atoms. The van der Waals surface area contributed by atoms with Crippen molar-refractivity contribution >= 4 is 5.71 Å². The van der Waals surface area contributed by atoms with E-state index in [1.54, 1.807) is 0 Å². The average Bonchev–Trinajstić information content (AvgIpc) is 2.19. The molecule has 1 aromatic rings. The Labute approximate surface area is 79.8 Å². The van der Waals surface area contributed by atoms with E-state index < -0.39 is 0 Å². The topological polar surface area (TPSA) is 12.4 Å². The molecule has 0 fully saturated rings. The third kappa shape index (κ3) is 2.86. The van der Waals surface area contributed by atoms with Gasteiger partial charge in [-0.25, -0.2) is 0 Å². The zero-order chi connectivity index (χ0) is 9.52. The van der Waals surface area contributed by atoms with Crippen LogP contribution < -0.4 is 0 Å². The molecule has 0 amide bonds. The highest BCUT2D eigenvalue weighted by atomic mass is 14.7. The highest BCUT2D eigenvalue weighted by Crippen LogP contribution is 2.02. The summed E-state index contributed by atoms with van der Waals surface area (Å²) >= 11 is 0. The summed E-state index contributed by atoms with van der Waals surface area (Å²) in [6, 6.07) is 10.2. The molecule has 0 saturated heterocycles. The van der Waals surface area contributed by atoms with Crippen LogP contribution in [0.5, 0.6) is 0 Å². The van der Waals surface area contributed by atoms with E-state index >= 15 is 0 Å². The van der Waals surface area contributed by atoms with Crippen LogP contribution in [0.3, 0.4) is 0 Å². The molecule has 0 unspecified atom stereocenters. The molecule has 0 radical (unpaired) electrons. The van der Waals surface area contributed by atoms with Gasteiger partial charge < -0.3 is 0 Å².